The third-order valence-corrected chi connectivity index (χ3v) is 6.71. The van der Waals surface area contributed by atoms with E-state index in [0.717, 1.165) is 47.3 Å². The van der Waals surface area contributed by atoms with Crippen LogP contribution in [0.3, 0.4) is 0 Å². The molecule has 8 heteroatoms. The van der Waals surface area contributed by atoms with Gasteiger partial charge in [0, 0.05) is 4.88 Å². The van der Waals surface area contributed by atoms with Gasteiger partial charge in [-0.25, -0.2) is 5.43 Å². The summed E-state index contributed by atoms with van der Waals surface area (Å²) >= 11 is 1.37. The van der Waals surface area contributed by atoms with Crippen molar-refractivity contribution in [2.75, 3.05) is 5.32 Å². The topological polar surface area (TPSA) is 104 Å². The molecule has 2 aromatic carbocycles. The quantitative estimate of drug-likeness (QED) is 0.314. The van der Waals surface area contributed by atoms with Crippen LogP contribution < -0.4 is 15.5 Å². The van der Waals surface area contributed by atoms with Crippen LogP contribution in [0.4, 0.5) is 5.00 Å². The Kier molecular flexibility index (Phi) is 7.35. The van der Waals surface area contributed by atoms with Crippen LogP contribution in [0.2, 0.25) is 0 Å². The standard InChI is InChI=1S/C26H24N4O3S/c1-17-6-8-19(9-7-17)16-33-20-12-10-18(11-13-20)15-28-30-25(32)24(31)29-26-22(14-27)21-4-2-3-5-23(21)34-26/h6-13,15H,2-5,16H2,1H3,(H,29,31)(H,30,32)/b28-15+. The zero-order valence-corrected chi connectivity index (χ0v) is 19.6. The van der Waals surface area contributed by atoms with Gasteiger partial charge in [0.2, 0.25) is 0 Å². The van der Waals surface area contributed by atoms with Crippen molar-refractivity contribution in [3.63, 3.8) is 0 Å². The first-order chi connectivity index (χ1) is 16.5. The summed E-state index contributed by atoms with van der Waals surface area (Å²) in [5.74, 6) is -1.04. The van der Waals surface area contributed by atoms with Crippen molar-refractivity contribution in [3.8, 4) is 11.8 Å². The van der Waals surface area contributed by atoms with Crippen LogP contribution >= 0.6 is 11.3 Å². The molecular weight excluding hydrogens is 448 g/mol. The number of hydrazone groups is 1. The van der Waals surface area contributed by atoms with Gasteiger partial charge in [-0.15, -0.1) is 11.3 Å². The summed E-state index contributed by atoms with van der Waals surface area (Å²) in [4.78, 5) is 25.5. The molecule has 2 amide bonds. The Morgan fingerprint density at radius 2 is 1.82 bits per heavy atom. The molecule has 0 saturated heterocycles. The number of nitriles is 1. The molecule has 0 fully saturated rings. The maximum absolute atomic E-state index is 12.3. The lowest BCUT2D eigenvalue weighted by Crippen LogP contribution is -2.32. The second-order valence-corrected chi connectivity index (χ2v) is 9.13. The molecule has 0 aliphatic heterocycles. The number of thiophene rings is 1. The van der Waals surface area contributed by atoms with Gasteiger partial charge in [0.05, 0.1) is 11.8 Å². The van der Waals surface area contributed by atoms with Crippen molar-refractivity contribution in [1.29, 1.82) is 5.26 Å². The Balaban J connectivity index is 1.28. The summed E-state index contributed by atoms with van der Waals surface area (Å²) in [6.45, 7) is 2.51. The predicted molar refractivity (Wildman–Crippen MR) is 132 cm³/mol. The van der Waals surface area contributed by atoms with Crippen molar-refractivity contribution in [2.45, 2.75) is 39.2 Å². The zero-order valence-electron chi connectivity index (χ0n) is 18.8. The maximum Gasteiger partial charge on any atom is 0.329 e. The highest BCUT2D eigenvalue weighted by molar-refractivity contribution is 7.16. The van der Waals surface area contributed by atoms with Gasteiger partial charge >= 0.3 is 11.8 Å². The molecule has 1 aromatic heterocycles. The van der Waals surface area contributed by atoms with Gasteiger partial charge in [-0.2, -0.15) is 10.4 Å². The predicted octanol–water partition coefficient (Wildman–Crippen LogP) is 4.47. The summed E-state index contributed by atoms with van der Waals surface area (Å²) < 4.78 is 5.78. The van der Waals surface area contributed by atoms with E-state index in [1.165, 1.54) is 23.1 Å². The first-order valence-electron chi connectivity index (χ1n) is 11.0. The number of carbonyl (C=O) groups is 2. The Bertz CT molecular complexity index is 1250. The number of nitrogens with zero attached hydrogens (tertiary/aromatic N) is 2. The van der Waals surface area contributed by atoms with E-state index in [1.54, 1.807) is 12.1 Å². The number of nitrogens with one attached hydrogen (secondary N) is 2. The van der Waals surface area contributed by atoms with E-state index in [1.807, 2.05) is 43.3 Å². The van der Waals surface area contributed by atoms with E-state index < -0.39 is 11.8 Å². The third kappa shape index (κ3) is 5.69. The Hall–Kier alpha value is -3.96. The van der Waals surface area contributed by atoms with Crippen LogP contribution in [-0.2, 0) is 29.0 Å². The van der Waals surface area contributed by atoms with Gasteiger partial charge in [0.1, 0.15) is 23.4 Å². The molecule has 0 radical (unpaired) electrons. The van der Waals surface area contributed by atoms with Crippen LogP contribution in [0.15, 0.2) is 53.6 Å². The van der Waals surface area contributed by atoms with Crippen molar-refractivity contribution in [1.82, 2.24) is 5.43 Å². The van der Waals surface area contributed by atoms with Crippen molar-refractivity contribution < 1.29 is 14.3 Å². The van der Waals surface area contributed by atoms with Crippen LogP contribution in [0.5, 0.6) is 5.75 Å². The normalized spacial score (nSPS) is 12.6. The monoisotopic (exact) mass is 472 g/mol. The SMILES string of the molecule is Cc1ccc(COc2ccc(/C=N/NC(=O)C(=O)Nc3sc4c(c3C#N)CCCC4)cc2)cc1. The lowest BCUT2D eigenvalue weighted by Gasteiger charge is -2.09. The lowest BCUT2D eigenvalue weighted by atomic mass is 9.96. The second kappa shape index (κ2) is 10.8. The molecular formula is C26H24N4O3S. The number of aryl methyl sites for hydroxylation is 2. The first-order valence-corrected chi connectivity index (χ1v) is 11.8. The van der Waals surface area contributed by atoms with Crippen LogP contribution in [0.25, 0.3) is 0 Å². The second-order valence-electron chi connectivity index (χ2n) is 8.02. The number of fused-ring (bicyclic) bond motifs is 1. The average Bonchev–Trinajstić information content (AvgIpc) is 3.21. The largest absolute Gasteiger partial charge is 0.489 e. The number of hydrogen-bond acceptors (Lipinski definition) is 6. The number of carbonyl (C=O) groups excluding carboxylic acids is 2. The molecule has 1 aliphatic carbocycles. The minimum Gasteiger partial charge on any atom is -0.489 e. The third-order valence-electron chi connectivity index (χ3n) is 5.50. The highest BCUT2D eigenvalue weighted by Crippen LogP contribution is 2.37. The molecule has 3 aromatic rings. The summed E-state index contributed by atoms with van der Waals surface area (Å²) in [7, 11) is 0. The average molecular weight is 473 g/mol. The number of rotatable bonds is 6. The number of anilines is 1. The van der Waals surface area contributed by atoms with E-state index in [2.05, 4.69) is 21.9 Å². The zero-order chi connectivity index (χ0) is 23.9. The Morgan fingerprint density at radius 3 is 2.56 bits per heavy atom. The number of hydrogen-bond donors (Lipinski definition) is 2. The van der Waals surface area contributed by atoms with E-state index in [-0.39, 0.29) is 0 Å². The fourth-order valence-corrected chi connectivity index (χ4v) is 4.88. The van der Waals surface area contributed by atoms with Crippen LogP contribution in [-0.4, -0.2) is 18.0 Å². The summed E-state index contributed by atoms with van der Waals surface area (Å²) in [5, 5.41) is 16.3. The maximum atomic E-state index is 12.3. The summed E-state index contributed by atoms with van der Waals surface area (Å²) in [5.41, 5.74) is 6.72. The van der Waals surface area contributed by atoms with Gasteiger partial charge in [0.15, 0.2) is 0 Å². The van der Waals surface area contributed by atoms with Gasteiger partial charge in [0.25, 0.3) is 0 Å². The molecule has 2 N–H and O–H groups in total. The van der Waals surface area contributed by atoms with Gasteiger partial charge < -0.3 is 10.1 Å². The molecule has 1 aliphatic rings. The minimum atomic E-state index is -0.899. The fraction of sp³-hybridized carbons (Fsp3) is 0.231. The molecule has 34 heavy (non-hydrogen) atoms. The molecule has 0 bridgehead atoms. The molecule has 7 nitrogen and oxygen atoms in total. The lowest BCUT2D eigenvalue weighted by molar-refractivity contribution is -0.136. The van der Waals surface area contributed by atoms with E-state index in [0.29, 0.717) is 22.9 Å². The Morgan fingerprint density at radius 1 is 1.09 bits per heavy atom. The number of amides is 2. The van der Waals surface area contributed by atoms with Crippen molar-refractivity contribution in [3.05, 3.63) is 81.2 Å². The van der Waals surface area contributed by atoms with Crippen LogP contribution in [0.1, 0.15) is 45.5 Å². The smallest absolute Gasteiger partial charge is 0.329 e. The van der Waals surface area contributed by atoms with Gasteiger partial charge in [-0.05, 0) is 73.6 Å². The van der Waals surface area contributed by atoms with Crippen molar-refractivity contribution >= 4 is 34.4 Å². The fourth-order valence-electron chi connectivity index (χ4n) is 3.65. The molecule has 0 spiro atoms. The van der Waals surface area contributed by atoms with E-state index >= 15 is 0 Å². The molecule has 1 heterocycles. The van der Waals surface area contributed by atoms with Crippen LogP contribution in [0, 0.1) is 18.3 Å². The highest BCUT2D eigenvalue weighted by atomic mass is 32.1. The highest BCUT2D eigenvalue weighted by Gasteiger charge is 2.23. The molecule has 172 valence electrons. The summed E-state index contributed by atoms with van der Waals surface area (Å²) in [6, 6.07) is 17.5. The molecule has 4 rings (SSSR count). The molecule has 0 atom stereocenters. The first kappa shape index (κ1) is 23.2. The minimum absolute atomic E-state index is 0.430. The van der Waals surface area contributed by atoms with Gasteiger partial charge in [-0.1, -0.05) is 29.8 Å². The molecule has 0 saturated carbocycles. The van der Waals surface area contributed by atoms with E-state index in [4.69, 9.17) is 4.74 Å². The molecule has 0 unspecified atom stereocenters. The Labute approximate surface area is 202 Å². The van der Waals surface area contributed by atoms with Gasteiger partial charge in [-0.3, -0.25) is 9.59 Å². The van der Waals surface area contributed by atoms with E-state index in [9.17, 15) is 14.9 Å². The summed E-state index contributed by atoms with van der Waals surface area (Å²) in [6.07, 6.45) is 5.27. The van der Waals surface area contributed by atoms with Crippen molar-refractivity contribution in [2.24, 2.45) is 5.10 Å². The number of benzene rings is 2. The number of ether oxygens (including phenoxy) is 1.